The highest BCUT2D eigenvalue weighted by atomic mass is 19.4. The van der Waals surface area contributed by atoms with Crippen LogP contribution in [-0.2, 0) is 4.79 Å². The number of ether oxygens (including phenoxy) is 1. The smallest absolute Gasteiger partial charge is 0.406 e. The zero-order valence-electron chi connectivity index (χ0n) is 9.78. The molecule has 7 heteroatoms. The minimum Gasteiger partial charge on any atom is -0.495 e. The molecule has 0 saturated carbocycles. The standard InChI is InChI=1S/C12H10F3NO3/c1-19-8-4-2-3-6-7(5-16-10(6)8)9(11(17)18)12(13,14)15/h2-5,9,16H,1H3,(H,17,18)/t9-/m0/s1. The van der Waals surface area contributed by atoms with Crippen molar-refractivity contribution in [3.8, 4) is 5.75 Å². The Morgan fingerprint density at radius 2 is 2.11 bits per heavy atom. The Labute approximate surface area is 105 Å². The normalized spacial score (nSPS) is 13.5. The number of methoxy groups -OCH3 is 1. The molecule has 4 nitrogen and oxygen atoms in total. The molecule has 102 valence electrons. The summed E-state index contributed by atoms with van der Waals surface area (Å²) in [5.41, 5.74) is 0.0180. The summed E-state index contributed by atoms with van der Waals surface area (Å²) in [4.78, 5) is 13.5. The van der Waals surface area contributed by atoms with Gasteiger partial charge >= 0.3 is 12.1 Å². The number of rotatable bonds is 3. The minimum absolute atomic E-state index is 0.184. The second-order valence-corrected chi connectivity index (χ2v) is 3.94. The molecule has 0 spiro atoms. The van der Waals surface area contributed by atoms with Gasteiger partial charge in [-0.05, 0) is 6.07 Å². The number of carboxylic acid groups (broad SMARTS) is 1. The molecular formula is C12H10F3NO3. The lowest BCUT2D eigenvalue weighted by Crippen LogP contribution is -2.28. The quantitative estimate of drug-likeness (QED) is 0.903. The van der Waals surface area contributed by atoms with E-state index in [2.05, 4.69) is 4.98 Å². The number of nitrogens with one attached hydrogen (secondary N) is 1. The molecule has 0 bridgehead atoms. The fourth-order valence-electron chi connectivity index (χ4n) is 2.01. The van der Waals surface area contributed by atoms with Crippen LogP contribution in [0, 0.1) is 0 Å². The lowest BCUT2D eigenvalue weighted by Gasteiger charge is -2.15. The van der Waals surface area contributed by atoms with Gasteiger partial charge in [0.05, 0.1) is 12.6 Å². The van der Waals surface area contributed by atoms with E-state index in [1.807, 2.05) is 0 Å². The zero-order chi connectivity index (χ0) is 14.2. The van der Waals surface area contributed by atoms with Crippen molar-refractivity contribution in [1.29, 1.82) is 0 Å². The summed E-state index contributed by atoms with van der Waals surface area (Å²) in [7, 11) is 1.38. The van der Waals surface area contributed by atoms with E-state index in [0.29, 0.717) is 11.3 Å². The molecule has 1 aromatic carbocycles. The van der Waals surface area contributed by atoms with Crippen LogP contribution in [-0.4, -0.2) is 29.3 Å². The van der Waals surface area contributed by atoms with Crippen molar-refractivity contribution >= 4 is 16.9 Å². The van der Waals surface area contributed by atoms with Crippen molar-refractivity contribution < 1.29 is 27.8 Å². The molecule has 0 aliphatic rings. The van der Waals surface area contributed by atoms with E-state index in [4.69, 9.17) is 9.84 Å². The summed E-state index contributed by atoms with van der Waals surface area (Å²) < 4.78 is 43.5. The average Bonchev–Trinajstić information content (AvgIpc) is 2.70. The molecule has 1 atom stereocenters. The molecule has 1 aromatic heterocycles. The van der Waals surface area contributed by atoms with E-state index in [9.17, 15) is 18.0 Å². The van der Waals surface area contributed by atoms with Crippen molar-refractivity contribution in [2.75, 3.05) is 7.11 Å². The molecule has 19 heavy (non-hydrogen) atoms. The van der Waals surface area contributed by atoms with Crippen molar-refractivity contribution in [1.82, 2.24) is 4.98 Å². The van der Waals surface area contributed by atoms with Gasteiger partial charge in [-0.2, -0.15) is 13.2 Å². The van der Waals surface area contributed by atoms with Crippen LogP contribution < -0.4 is 4.74 Å². The van der Waals surface area contributed by atoms with Gasteiger partial charge in [0, 0.05) is 17.1 Å². The number of para-hydroxylation sites is 1. The summed E-state index contributed by atoms with van der Waals surface area (Å²) in [6.07, 6.45) is -3.80. The Morgan fingerprint density at radius 1 is 1.42 bits per heavy atom. The first kappa shape index (κ1) is 13.3. The van der Waals surface area contributed by atoms with Crippen LogP contribution >= 0.6 is 0 Å². The summed E-state index contributed by atoms with van der Waals surface area (Å²) in [5.74, 6) is -4.14. The molecule has 2 N–H and O–H groups in total. The first-order valence-corrected chi connectivity index (χ1v) is 5.29. The van der Waals surface area contributed by atoms with Crippen LogP contribution in [0.1, 0.15) is 11.5 Å². The molecule has 2 aromatic rings. The van der Waals surface area contributed by atoms with E-state index in [-0.39, 0.29) is 10.9 Å². The number of hydrogen-bond donors (Lipinski definition) is 2. The van der Waals surface area contributed by atoms with Crippen molar-refractivity contribution in [3.63, 3.8) is 0 Å². The summed E-state index contributed by atoms with van der Waals surface area (Å²) in [6.45, 7) is 0. The summed E-state index contributed by atoms with van der Waals surface area (Å²) in [6, 6.07) is 4.51. The highest BCUT2D eigenvalue weighted by Gasteiger charge is 2.47. The molecule has 2 rings (SSSR count). The van der Waals surface area contributed by atoms with E-state index in [0.717, 1.165) is 6.20 Å². The lowest BCUT2D eigenvalue weighted by molar-refractivity contribution is -0.176. The van der Waals surface area contributed by atoms with Crippen molar-refractivity contribution in [2.24, 2.45) is 0 Å². The molecule has 0 saturated heterocycles. The molecule has 0 amide bonds. The fraction of sp³-hybridized carbons (Fsp3) is 0.250. The van der Waals surface area contributed by atoms with Crippen LogP contribution in [0.4, 0.5) is 13.2 Å². The van der Waals surface area contributed by atoms with Crippen LogP contribution in [0.2, 0.25) is 0 Å². The third-order valence-corrected chi connectivity index (χ3v) is 2.81. The third-order valence-electron chi connectivity index (χ3n) is 2.81. The molecule has 0 fully saturated rings. The van der Waals surface area contributed by atoms with Crippen LogP contribution in [0.5, 0.6) is 5.75 Å². The van der Waals surface area contributed by atoms with Gasteiger partial charge in [0.1, 0.15) is 5.75 Å². The number of aliphatic carboxylic acids is 1. The number of alkyl halides is 3. The first-order chi connectivity index (χ1) is 8.86. The Balaban J connectivity index is 2.65. The lowest BCUT2D eigenvalue weighted by atomic mass is 9.98. The SMILES string of the molecule is COc1cccc2c([C@@H](C(=O)O)C(F)(F)F)c[nH]c12. The van der Waals surface area contributed by atoms with Gasteiger partial charge in [0.15, 0.2) is 5.92 Å². The van der Waals surface area contributed by atoms with Crippen LogP contribution in [0.25, 0.3) is 10.9 Å². The van der Waals surface area contributed by atoms with Gasteiger partial charge < -0.3 is 14.8 Å². The van der Waals surface area contributed by atoms with Crippen molar-refractivity contribution in [3.05, 3.63) is 30.0 Å². The monoisotopic (exact) mass is 273 g/mol. The maximum atomic E-state index is 12.8. The van der Waals surface area contributed by atoms with Crippen LogP contribution in [0.15, 0.2) is 24.4 Å². The first-order valence-electron chi connectivity index (χ1n) is 5.29. The number of carbonyl (C=O) groups is 1. The maximum Gasteiger partial charge on any atom is 0.406 e. The average molecular weight is 273 g/mol. The van der Waals surface area contributed by atoms with Crippen LogP contribution in [0.3, 0.4) is 0 Å². The maximum absolute atomic E-state index is 12.8. The van der Waals surface area contributed by atoms with Gasteiger partial charge in [0.25, 0.3) is 0 Å². The van der Waals surface area contributed by atoms with Gasteiger partial charge in [-0.1, -0.05) is 12.1 Å². The van der Waals surface area contributed by atoms with E-state index < -0.39 is 18.1 Å². The van der Waals surface area contributed by atoms with E-state index in [1.54, 1.807) is 6.07 Å². The summed E-state index contributed by atoms with van der Waals surface area (Å²) in [5, 5.41) is 8.99. The molecular weight excluding hydrogens is 263 g/mol. The zero-order valence-corrected chi connectivity index (χ0v) is 9.78. The number of aromatic amines is 1. The fourth-order valence-corrected chi connectivity index (χ4v) is 2.01. The van der Waals surface area contributed by atoms with Crippen molar-refractivity contribution in [2.45, 2.75) is 12.1 Å². The molecule has 0 aliphatic heterocycles. The molecule has 1 heterocycles. The predicted octanol–water partition coefficient (Wildman–Crippen LogP) is 2.91. The Hall–Kier alpha value is -2.18. The molecule has 0 radical (unpaired) electrons. The number of fused-ring (bicyclic) bond motifs is 1. The van der Waals surface area contributed by atoms with Gasteiger partial charge in [-0.3, -0.25) is 4.79 Å². The van der Waals surface area contributed by atoms with Gasteiger partial charge in [-0.15, -0.1) is 0 Å². The number of carboxylic acids is 1. The number of hydrogen-bond acceptors (Lipinski definition) is 2. The number of H-pyrrole nitrogens is 1. The Bertz CT molecular complexity index is 618. The Kier molecular flexibility index (Phi) is 3.13. The second-order valence-electron chi connectivity index (χ2n) is 3.94. The largest absolute Gasteiger partial charge is 0.495 e. The van der Waals surface area contributed by atoms with E-state index >= 15 is 0 Å². The number of halogens is 3. The molecule has 0 unspecified atom stereocenters. The number of benzene rings is 1. The Morgan fingerprint density at radius 3 is 2.63 bits per heavy atom. The minimum atomic E-state index is -4.86. The topological polar surface area (TPSA) is 62.3 Å². The predicted molar refractivity (Wildman–Crippen MR) is 61.3 cm³/mol. The van der Waals surface area contributed by atoms with E-state index in [1.165, 1.54) is 19.2 Å². The third kappa shape index (κ3) is 2.23. The molecule has 0 aliphatic carbocycles. The highest BCUT2D eigenvalue weighted by Crippen LogP contribution is 2.39. The van der Waals surface area contributed by atoms with Gasteiger partial charge in [0.2, 0.25) is 0 Å². The second kappa shape index (κ2) is 4.49. The highest BCUT2D eigenvalue weighted by molar-refractivity contribution is 5.93. The van der Waals surface area contributed by atoms with Gasteiger partial charge in [-0.25, -0.2) is 0 Å². The number of aromatic nitrogens is 1. The summed E-state index contributed by atoms with van der Waals surface area (Å²) >= 11 is 0.